The van der Waals surface area contributed by atoms with E-state index in [1.165, 1.54) is 16.3 Å². The molecule has 0 saturated carbocycles. The second-order valence-electron chi connectivity index (χ2n) is 5.39. The first-order valence-corrected chi connectivity index (χ1v) is 8.26. The number of benzene rings is 1. The SMILES string of the molecule is Cc1nc(NC(=O)C2=N[C@@H](C)C(=O)N(c3ccccc3)N2)sc1C. The minimum atomic E-state index is -0.646. The molecule has 1 aromatic carbocycles. The van der Waals surface area contributed by atoms with Crippen molar-refractivity contribution in [1.29, 1.82) is 0 Å². The molecule has 7 nitrogen and oxygen atoms in total. The molecule has 0 unspecified atom stereocenters. The van der Waals surface area contributed by atoms with Crippen LogP contribution < -0.4 is 15.8 Å². The molecule has 1 atom stereocenters. The lowest BCUT2D eigenvalue weighted by Crippen LogP contribution is -2.57. The van der Waals surface area contributed by atoms with Crippen LogP contribution in [0.2, 0.25) is 0 Å². The van der Waals surface area contributed by atoms with E-state index in [-0.39, 0.29) is 11.7 Å². The van der Waals surface area contributed by atoms with Crippen molar-refractivity contribution in [2.75, 3.05) is 10.3 Å². The Hall–Kier alpha value is -2.74. The number of amides is 2. The average molecular weight is 343 g/mol. The van der Waals surface area contributed by atoms with Crippen LogP contribution in [-0.2, 0) is 9.59 Å². The van der Waals surface area contributed by atoms with E-state index >= 15 is 0 Å². The van der Waals surface area contributed by atoms with Crippen molar-refractivity contribution in [3.8, 4) is 0 Å². The molecule has 8 heteroatoms. The van der Waals surface area contributed by atoms with Gasteiger partial charge in [-0.2, -0.15) is 0 Å². The Morgan fingerprint density at radius 3 is 2.62 bits per heavy atom. The zero-order valence-electron chi connectivity index (χ0n) is 13.5. The Kier molecular flexibility index (Phi) is 4.30. The molecule has 0 bridgehead atoms. The molecule has 0 fully saturated rings. The van der Waals surface area contributed by atoms with Gasteiger partial charge in [-0.15, -0.1) is 11.3 Å². The third-order valence-electron chi connectivity index (χ3n) is 3.60. The van der Waals surface area contributed by atoms with Crippen LogP contribution in [0.4, 0.5) is 10.8 Å². The van der Waals surface area contributed by atoms with Gasteiger partial charge in [-0.3, -0.25) is 20.3 Å². The van der Waals surface area contributed by atoms with E-state index in [0.29, 0.717) is 10.8 Å². The van der Waals surface area contributed by atoms with Crippen molar-refractivity contribution in [2.24, 2.45) is 4.99 Å². The molecule has 2 aromatic rings. The lowest BCUT2D eigenvalue weighted by Gasteiger charge is -2.30. The van der Waals surface area contributed by atoms with Gasteiger partial charge in [-0.25, -0.2) is 15.0 Å². The lowest BCUT2D eigenvalue weighted by atomic mass is 10.2. The van der Waals surface area contributed by atoms with Gasteiger partial charge in [0.15, 0.2) is 5.13 Å². The van der Waals surface area contributed by atoms with Crippen LogP contribution in [0.15, 0.2) is 35.3 Å². The zero-order chi connectivity index (χ0) is 17.3. The second kappa shape index (κ2) is 6.40. The van der Waals surface area contributed by atoms with Crippen LogP contribution in [0.25, 0.3) is 0 Å². The first-order valence-electron chi connectivity index (χ1n) is 7.44. The fraction of sp³-hybridized carbons (Fsp3) is 0.250. The molecule has 1 aliphatic rings. The summed E-state index contributed by atoms with van der Waals surface area (Å²) in [4.78, 5) is 34.2. The highest BCUT2D eigenvalue weighted by molar-refractivity contribution is 7.15. The van der Waals surface area contributed by atoms with Crippen molar-refractivity contribution < 1.29 is 9.59 Å². The number of amidine groups is 1. The molecule has 2 N–H and O–H groups in total. The number of para-hydroxylation sites is 1. The van der Waals surface area contributed by atoms with Crippen molar-refractivity contribution in [3.63, 3.8) is 0 Å². The molecule has 0 spiro atoms. The van der Waals surface area contributed by atoms with Crippen molar-refractivity contribution in [2.45, 2.75) is 26.8 Å². The third kappa shape index (κ3) is 3.13. The normalized spacial score (nSPS) is 17.3. The number of aryl methyl sites for hydroxylation is 2. The summed E-state index contributed by atoms with van der Waals surface area (Å²) in [7, 11) is 0. The smallest absolute Gasteiger partial charge is 0.294 e. The van der Waals surface area contributed by atoms with E-state index in [1.807, 2.05) is 32.0 Å². The third-order valence-corrected chi connectivity index (χ3v) is 4.58. The molecular weight excluding hydrogens is 326 g/mol. The lowest BCUT2D eigenvalue weighted by molar-refractivity contribution is -0.120. The fourth-order valence-corrected chi connectivity index (χ4v) is 3.00. The number of nitrogens with zero attached hydrogens (tertiary/aromatic N) is 3. The van der Waals surface area contributed by atoms with Gasteiger partial charge in [0.2, 0.25) is 5.84 Å². The van der Waals surface area contributed by atoms with E-state index in [1.54, 1.807) is 19.1 Å². The van der Waals surface area contributed by atoms with E-state index in [4.69, 9.17) is 0 Å². The highest BCUT2D eigenvalue weighted by Crippen LogP contribution is 2.21. The molecule has 1 aliphatic heterocycles. The van der Waals surface area contributed by atoms with Crippen molar-refractivity contribution in [3.05, 3.63) is 40.9 Å². The molecule has 24 heavy (non-hydrogen) atoms. The van der Waals surface area contributed by atoms with Gasteiger partial charge >= 0.3 is 0 Å². The molecule has 3 rings (SSSR count). The van der Waals surface area contributed by atoms with Gasteiger partial charge in [0.25, 0.3) is 11.8 Å². The van der Waals surface area contributed by atoms with Crippen LogP contribution in [-0.4, -0.2) is 28.7 Å². The maximum Gasteiger partial charge on any atom is 0.294 e. The number of hydrogen-bond donors (Lipinski definition) is 2. The highest BCUT2D eigenvalue weighted by Gasteiger charge is 2.30. The van der Waals surface area contributed by atoms with Gasteiger partial charge in [0.05, 0.1) is 11.4 Å². The molecule has 0 radical (unpaired) electrons. The fourth-order valence-electron chi connectivity index (χ4n) is 2.19. The number of hydrazine groups is 1. The van der Waals surface area contributed by atoms with E-state index in [0.717, 1.165) is 10.6 Å². The number of aromatic nitrogens is 1. The quantitative estimate of drug-likeness (QED) is 0.893. The predicted octanol–water partition coefficient (Wildman–Crippen LogP) is 2.04. The summed E-state index contributed by atoms with van der Waals surface area (Å²) in [5.41, 5.74) is 4.32. The Labute approximate surface area is 143 Å². The Bertz CT molecular complexity index is 796. The summed E-state index contributed by atoms with van der Waals surface area (Å²) in [6.07, 6.45) is 0. The van der Waals surface area contributed by atoms with Crippen LogP contribution in [0, 0.1) is 13.8 Å². The molecule has 124 valence electrons. The largest absolute Gasteiger partial charge is 0.295 e. The summed E-state index contributed by atoms with van der Waals surface area (Å²) in [5.74, 6) is -0.570. The van der Waals surface area contributed by atoms with Gasteiger partial charge in [0, 0.05) is 4.88 Å². The number of rotatable bonds is 3. The minimum Gasteiger partial charge on any atom is -0.295 e. The molecule has 0 saturated heterocycles. The molecule has 0 aliphatic carbocycles. The molecule has 2 heterocycles. The monoisotopic (exact) mass is 343 g/mol. The van der Waals surface area contributed by atoms with E-state index in [2.05, 4.69) is 20.7 Å². The molecule has 2 amide bonds. The van der Waals surface area contributed by atoms with Crippen LogP contribution >= 0.6 is 11.3 Å². The van der Waals surface area contributed by atoms with Gasteiger partial charge in [-0.05, 0) is 32.9 Å². The van der Waals surface area contributed by atoms with Gasteiger partial charge in [-0.1, -0.05) is 18.2 Å². The minimum absolute atomic E-state index is 0.0801. The first-order chi connectivity index (χ1) is 11.5. The number of carbonyl (C=O) groups is 2. The van der Waals surface area contributed by atoms with Crippen molar-refractivity contribution >= 4 is 39.8 Å². The number of nitrogens with one attached hydrogen (secondary N) is 2. The highest BCUT2D eigenvalue weighted by atomic mass is 32.1. The maximum atomic E-state index is 12.4. The number of anilines is 2. The summed E-state index contributed by atoms with van der Waals surface area (Å²) in [6, 6.07) is 8.42. The first kappa shape index (κ1) is 16.1. The summed E-state index contributed by atoms with van der Waals surface area (Å²) in [6.45, 7) is 5.48. The van der Waals surface area contributed by atoms with Gasteiger partial charge < -0.3 is 0 Å². The summed E-state index contributed by atoms with van der Waals surface area (Å²) < 4.78 is 0. The average Bonchev–Trinajstić information content (AvgIpc) is 2.88. The number of aliphatic imine (C=N–C) groups is 1. The van der Waals surface area contributed by atoms with E-state index in [9.17, 15) is 9.59 Å². The summed E-state index contributed by atoms with van der Waals surface area (Å²) in [5, 5.41) is 4.57. The van der Waals surface area contributed by atoms with Crippen LogP contribution in [0.5, 0.6) is 0 Å². The Balaban J connectivity index is 1.81. The Morgan fingerprint density at radius 1 is 1.29 bits per heavy atom. The maximum absolute atomic E-state index is 12.4. The topological polar surface area (TPSA) is 86.7 Å². The number of carbonyl (C=O) groups excluding carboxylic acids is 2. The van der Waals surface area contributed by atoms with Gasteiger partial charge in [0.1, 0.15) is 6.04 Å². The number of thiazole rings is 1. The second-order valence-corrected chi connectivity index (χ2v) is 6.59. The molecule has 1 aromatic heterocycles. The Morgan fingerprint density at radius 2 is 2.00 bits per heavy atom. The van der Waals surface area contributed by atoms with Crippen LogP contribution in [0.3, 0.4) is 0 Å². The summed E-state index contributed by atoms with van der Waals surface area (Å²) >= 11 is 1.40. The van der Waals surface area contributed by atoms with Crippen molar-refractivity contribution in [1.82, 2.24) is 10.4 Å². The standard InChI is InChI=1S/C16H17N5O2S/c1-9-11(3)24-16(18-9)19-14(22)13-17-10(2)15(23)21(20-13)12-7-5-4-6-8-12/h4-8,10H,1-3H3,(H,17,20)(H,18,19,22)/t10-/m0/s1. The van der Waals surface area contributed by atoms with Crippen LogP contribution in [0.1, 0.15) is 17.5 Å². The van der Waals surface area contributed by atoms with E-state index < -0.39 is 11.9 Å². The molecular formula is C16H17N5O2S. The zero-order valence-corrected chi connectivity index (χ0v) is 14.3. The predicted molar refractivity (Wildman–Crippen MR) is 94.2 cm³/mol. The number of hydrogen-bond acceptors (Lipinski definition) is 6.